The van der Waals surface area contributed by atoms with Crippen molar-refractivity contribution in [3.63, 3.8) is 0 Å². The smallest absolute Gasteiger partial charge is 0.247 e. The molecule has 1 saturated carbocycles. The van der Waals surface area contributed by atoms with Crippen LogP contribution >= 0.6 is 27.3 Å². The van der Waals surface area contributed by atoms with E-state index in [0.717, 1.165) is 17.0 Å². The van der Waals surface area contributed by atoms with Crippen molar-refractivity contribution < 1.29 is 8.42 Å². The Morgan fingerprint density at radius 3 is 2.84 bits per heavy atom. The number of thiophene rings is 1. The van der Waals surface area contributed by atoms with Crippen LogP contribution in [0.4, 0.5) is 11.6 Å². The fraction of sp³-hybridized carbons (Fsp3) is 0.214. The number of anilines is 2. The maximum absolute atomic E-state index is 11.4. The largest absolute Gasteiger partial charge is 0.322 e. The Labute approximate surface area is 156 Å². The fourth-order valence-electron chi connectivity index (χ4n) is 2.29. The average Bonchev–Trinajstić information content (AvgIpc) is 3.09. The second-order valence-corrected chi connectivity index (χ2v) is 9.39. The number of primary sulfonamides is 1. The van der Waals surface area contributed by atoms with Crippen molar-refractivity contribution >= 4 is 48.9 Å². The van der Waals surface area contributed by atoms with Crippen molar-refractivity contribution in [3.05, 3.63) is 34.6 Å². The first-order valence-electron chi connectivity index (χ1n) is 7.38. The SMILES string of the molecule is NS(=O)(=O)c1ccc(-c2ncc(Br)c(Nc3cc(C4CC4)[nH]n3)n2)s1. The lowest BCUT2D eigenvalue weighted by molar-refractivity contribution is 0.600. The highest BCUT2D eigenvalue weighted by atomic mass is 79.9. The van der Waals surface area contributed by atoms with Crippen molar-refractivity contribution in [2.45, 2.75) is 23.0 Å². The van der Waals surface area contributed by atoms with Crippen LogP contribution in [0.2, 0.25) is 0 Å². The standard InChI is InChI=1S/C14H13BrN6O2S2/c15-8-6-17-14(10-3-4-12(24-10)25(16,22)23)19-13(8)18-11-5-9(20-21-11)7-1-2-7/h3-7H,1-2H2,(H2,16,22,23)(H2,17,18,19,20,21). The summed E-state index contributed by atoms with van der Waals surface area (Å²) in [6.45, 7) is 0. The highest BCUT2D eigenvalue weighted by molar-refractivity contribution is 9.10. The van der Waals surface area contributed by atoms with Gasteiger partial charge in [0.1, 0.15) is 10.0 Å². The highest BCUT2D eigenvalue weighted by Crippen LogP contribution is 2.40. The number of rotatable bonds is 5. The van der Waals surface area contributed by atoms with Gasteiger partial charge in [0.15, 0.2) is 11.6 Å². The Morgan fingerprint density at radius 2 is 2.16 bits per heavy atom. The maximum atomic E-state index is 11.4. The van der Waals surface area contributed by atoms with Crippen molar-refractivity contribution in [2.24, 2.45) is 5.14 Å². The van der Waals surface area contributed by atoms with Crippen LogP contribution in [-0.2, 0) is 10.0 Å². The Bertz CT molecular complexity index is 1040. The minimum atomic E-state index is -3.73. The molecular formula is C14H13BrN6O2S2. The lowest BCUT2D eigenvalue weighted by atomic mass is 10.3. The van der Waals surface area contributed by atoms with Gasteiger partial charge in [-0.15, -0.1) is 11.3 Å². The number of nitrogens with one attached hydrogen (secondary N) is 2. The molecule has 0 aliphatic heterocycles. The van der Waals surface area contributed by atoms with Crippen molar-refractivity contribution in [1.29, 1.82) is 0 Å². The quantitative estimate of drug-likeness (QED) is 0.559. The van der Waals surface area contributed by atoms with E-state index in [-0.39, 0.29) is 4.21 Å². The summed E-state index contributed by atoms with van der Waals surface area (Å²) in [7, 11) is -3.73. The molecule has 11 heteroatoms. The molecule has 0 bridgehead atoms. The van der Waals surface area contributed by atoms with E-state index in [1.807, 2.05) is 6.07 Å². The van der Waals surface area contributed by atoms with Gasteiger partial charge in [0.25, 0.3) is 0 Å². The fourth-order valence-corrected chi connectivity index (χ4v) is 4.25. The zero-order valence-electron chi connectivity index (χ0n) is 12.7. The molecule has 0 radical (unpaired) electrons. The van der Waals surface area contributed by atoms with Gasteiger partial charge in [-0.05, 0) is 40.9 Å². The van der Waals surface area contributed by atoms with Crippen LogP contribution in [0.15, 0.2) is 33.1 Å². The van der Waals surface area contributed by atoms with E-state index in [2.05, 4.69) is 41.4 Å². The van der Waals surface area contributed by atoms with E-state index in [0.29, 0.717) is 32.7 Å². The van der Waals surface area contributed by atoms with Crippen LogP contribution in [0.5, 0.6) is 0 Å². The maximum Gasteiger partial charge on any atom is 0.247 e. The summed E-state index contributed by atoms with van der Waals surface area (Å²) in [6.07, 6.45) is 3.98. The monoisotopic (exact) mass is 440 g/mol. The number of H-pyrrole nitrogens is 1. The van der Waals surface area contributed by atoms with Crippen molar-refractivity contribution in [3.8, 4) is 10.7 Å². The van der Waals surface area contributed by atoms with E-state index < -0.39 is 10.0 Å². The summed E-state index contributed by atoms with van der Waals surface area (Å²) in [5.41, 5.74) is 1.11. The van der Waals surface area contributed by atoms with Crippen LogP contribution in [0.25, 0.3) is 10.7 Å². The zero-order valence-corrected chi connectivity index (χ0v) is 15.9. The third-order valence-corrected chi connectivity index (χ3v) is 6.79. The molecule has 0 saturated heterocycles. The lowest BCUT2D eigenvalue weighted by Crippen LogP contribution is -2.09. The van der Waals surface area contributed by atoms with Gasteiger partial charge in [-0.25, -0.2) is 23.5 Å². The van der Waals surface area contributed by atoms with Gasteiger partial charge in [-0.3, -0.25) is 5.10 Å². The molecule has 0 amide bonds. The molecule has 4 rings (SSSR count). The number of aromatic nitrogens is 4. The number of nitrogens with zero attached hydrogens (tertiary/aromatic N) is 3. The first-order chi connectivity index (χ1) is 11.9. The van der Waals surface area contributed by atoms with Gasteiger partial charge in [0.2, 0.25) is 10.0 Å². The van der Waals surface area contributed by atoms with Crippen LogP contribution in [-0.4, -0.2) is 28.6 Å². The van der Waals surface area contributed by atoms with Gasteiger partial charge in [-0.1, -0.05) is 0 Å². The molecule has 3 aromatic heterocycles. The molecule has 1 fully saturated rings. The van der Waals surface area contributed by atoms with E-state index in [9.17, 15) is 8.42 Å². The van der Waals surface area contributed by atoms with Gasteiger partial charge in [0.05, 0.1) is 9.35 Å². The zero-order chi connectivity index (χ0) is 17.6. The first-order valence-corrected chi connectivity index (χ1v) is 10.5. The molecule has 0 spiro atoms. The topological polar surface area (TPSA) is 127 Å². The van der Waals surface area contributed by atoms with Gasteiger partial charge < -0.3 is 5.32 Å². The predicted molar refractivity (Wildman–Crippen MR) is 98.3 cm³/mol. The highest BCUT2D eigenvalue weighted by Gasteiger charge is 2.25. The molecule has 8 nitrogen and oxygen atoms in total. The Kier molecular flexibility index (Phi) is 4.10. The minimum absolute atomic E-state index is 0.0740. The molecule has 1 aliphatic rings. The summed E-state index contributed by atoms with van der Waals surface area (Å²) < 4.78 is 23.6. The van der Waals surface area contributed by atoms with Gasteiger partial charge >= 0.3 is 0 Å². The van der Waals surface area contributed by atoms with Crippen LogP contribution in [0.1, 0.15) is 24.5 Å². The Morgan fingerprint density at radius 1 is 1.36 bits per heavy atom. The molecule has 0 atom stereocenters. The number of sulfonamides is 1. The molecule has 4 N–H and O–H groups in total. The summed E-state index contributed by atoms with van der Waals surface area (Å²) in [5, 5.41) is 15.6. The van der Waals surface area contributed by atoms with E-state index in [1.54, 1.807) is 12.3 Å². The summed E-state index contributed by atoms with van der Waals surface area (Å²) >= 11 is 4.43. The third-order valence-electron chi connectivity index (χ3n) is 3.69. The van der Waals surface area contributed by atoms with Gasteiger partial charge in [0, 0.05) is 23.9 Å². The normalized spacial score (nSPS) is 14.6. The average molecular weight is 441 g/mol. The van der Waals surface area contributed by atoms with Crippen LogP contribution < -0.4 is 10.5 Å². The molecular weight excluding hydrogens is 428 g/mol. The number of aromatic amines is 1. The Balaban J connectivity index is 1.62. The van der Waals surface area contributed by atoms with Crippen LogP contribution in [0.3, 0.4) is 0 Å². The predicted octanol–water partition coefficient (Wildman–Crippen LogP) is 2.96. The summed E-state index contributed by atoms with van der Waals surface area (Å²) in [4.78, 5) is 9.30. The van der Waals surface area contributed by atoms with Gasteiger partial charge in [-0.2, -0.15) is 5.10 Å². The molecule has 25 heavy (non-hydrogen) atoms. The number of nitrogens with two attached hydrogens (primary N) is 1. The van der Waals surface area contributed by atoms with Crippen molar-refractivity contribution in [1.82, 2.24) is 20.2 Å². The molecule has 0 unspecified atom stereocenters. The molecule has 0 aromatic carbocycles. The number of hydrogen-bond donors (Lipinski definition) is 3. The van der Waals surface area contributed by atoms with E-state index >= 15 is 0 Å². The summed E-state index contributed by atoms with van der Waals surface area (Å²) in [5.74, 6) is 2.20. The van der Waals surface area contributed by atoms with E-state index in [4.69, 9.17) is 5.14 Å². The molecule has 130 valence electrons. The molecule has 3 heterocycles. The first kappa shape index (κ1) is 16.6. The second-order valence-electron chi connectivity index (χ2n) is 5.66. The van der Waals surface area contributed by atoms with Crippen LogP contribution in [0, 0.1) is 0 Å². The van der Waals surface area contributed by atoms with E-state index in [1.165, 1.54) is 18.9 Å². The minimum Gasteiger partial charge on any atom is -0.322 e. The third kappa shape index (κ3) is 3.59. The molecule has 3 aromatic rings. The number of hydrogen-bond acceptors (Lipinski definition) is 7. The lowest BCUT2D eigenvalue weighted by Gasteiger charge is -2.05. The van der Waals surface area contributed by atoms with Crippen molar-refractivity contribution in [2.75, 3.05) is 5.32 Å². The second kappa shape index (κ2) is 6.16. The molecule has 1 aliphatic carbocycles. The number of halogens is 1. The summed E-state index contributed by atoms with van der Waals surface area (Å²) in [6, 6.07) is 5.05. The Hall–Kier alpha value is -1.82.